The molecule has 2 aromatic rings. The fourth-order valence-electron chi connectivity index (χ4n) is 2.65. The first-order valence-corrected chi connectivity index (χ1v) is 9.35. The number of aryl methyl sites for hydroxylation is 1. The van der Waals surface area contributed by atoms with Crippen LogP contribution in [0.5, 0.6) is 0 Å². The quantitative estimate of drug-likeness (QED) is 0.426. The second-order valence-electron chi connectivity index (χ2n) is 5.94. The highest BCUT2D eigenvalue weighted by Gasteiger charge is 2.34. The Morgan fingerprint density at radius 2 is 1.62 bits per heavy atom. The van der Waals surface area contributed by atoms with Gasteiger partial charge in [0.05, 0.1) is 24.1 Å². The Morgan fingerprint density at radius 3 is 2.23 bits per heavy atom. The fourth-order valence-corrected chi connectivity index (χ4v) is 3.48. The van der Waals surface area contributed by atoms with E-state index in [2.05, 4.69) is 0 Å². The summed E-state index contributed by atoms with van der Waals surface area (Å²) in [7, 11) is 0. The van der Waals surface area contributed by atoms with E-state index in [0.29, 0.717) is 16.9 Å². The van der Waals surface area contributed by atoms with Crippen LogP contribution in [-0.2, 0) is 9.53 Å². The molecule has 3 rings (SSSR count). The fraction of sp³-hybridized carbons (Fsp3) is 0.250. The van der Waals surface area contributed by atoms with Gasteiger partial charge in [0, 0.05) is 10.6 Å². The molecule has 134 valence electrons. The minimum absolute atomic E-state index is 0.0134. The molecule has 0 bridgehead atoms. The standard InChI is InChI=1S/C20H19NO4S/c1-14-6-8-15(9-7-14)26-13-10-18(22)25-12-11-21-19(23)16-4-2-3-5-17(16)20(21)24/h2-9H,10-13H2,1H3. The summed E-state index contributed by atoms with van der Waals surface area (Å²) in [5.74, 6) is -0.385. The van der Waals surface area contributed by atoms with Crippen LogP contribution >= 0.6 is 11.8 Å². The first-order chi connectivity index (χ1) is 12.6. The molecule has 0 fully saturated rings. The number of esters is 1. The molecule has 1 heterocycles. The van der Waals surface area contributed by atoms with E-state index in [-0.39, 0.29) is 37.4 Å². The number of benzene rings is 2. The summed E-state index contributed by atoms with van der Waals surface area (Å²) in [5, 5.41) is 0. The van der Waals surface area contributed by atoms with Crippen molar-refractivity contribution in [3.05, 3.63) is 65.2 Å². The largest absolute Gasteiger partial charge is 0.464 e. The van der Waals surface area contributed by atoms with E-state index in [1.54, 1.807) is 36.0 Å². The van der Waals surface area contributed by atoms with Crippen LogP contribution in [0.2, 0.25) is 0 Å². The van der Waals surface area contributed by atoms with Gasteiger partial charge in [-0.05, 0) is 31.2 Å². The molecule has 0 spiro atoms. The van der Waals surface area contributed by atoms with Crippen molar-refractivity contribution in [2.45, 2.75) is 18.2 Å². The summed E-state index contributed by atoms with van der Waals surface area (Å²) < 4.78 is 5.16. The number of fused-ring (bicyclic) bond motifs is 1. The van der Waals surface area contributed by atoms with Gasteiger partial charge in [-0.1, -0.05) is 29.8 Å². The number of ether oxygens (including phenoxy) is 1. The van der Waals surface area contributed by atoms with Crippen molar-refractivity contribution in [3.8, 4) is 0 Å². The Kier molecular flexibility index (Phi) is 5.73. The second-order valence-corrected chi connectivity index (χ2v) is 7.11. The van der Waals surface area contributed by atoms with Crippen molar-refractivity contribution in [2.24, 2.45) is 0 Å². The molecule has 1 aliphatic rings. The molecule has 1 aliphatic heterocycles. The van der Waals surface area contributed by atoms with Gasteiger partial charge < -0.3 is 4.74 Å². The van der Waals surface area contributed by atoms with E-state index in [1.165, 1.54) is 5.56 Å². The van der Waals surface area contributed by atoms with Gasteiger partial charge in [0.25, 0.3) is 11.8 Å². The van der Waals surface area contributed by atoms with Crippen LogP contribution < -0.4 is 0 Å². The third kappa shape index (κ3) is 4.14. The number of carbonyl (C=O) groups is 3. The van der Waals surface area contributed by atoms with Crippen LogP contribution in [-0.4, -0.2) is 41.6 Å². The van der Waals surface area contributed by atoms with E-state index in [9.17, 15) is 14.4 Å². The van der Waals surface area contributed by atoms with Crippen LogP contribution in [0.4, 0.5) is 0 Å². The second kappa shape index (κ2) is 8.19. The highest BCUT2D eigenvalue weighted by Crippen LogP contribution is 2.22. The Hall–Kier alpha value is -2.60. The van der Waals surface area contributed by atoms with E-state index < -0.39 is 0 Å². The van der Waals surface area contributed by atoms with Crippen LogP contribution in [0.3, 0.4) is 0 Å². The zero-order valence-corrected chi connectivity index (χ0v) is 15.3. The smallest absolute Gasteiger partial charge is 0.306 e. The van der Waals surface area contributed by atoms with Gasteiger partial charge in [0.1, 0.15) is 6.61 Å². The Bertz CT molecular complexity index is 797. The maximum absolute atomic E-state index is 12.2. The van der Waals surface area contributed by atoms with Crippen LogP contribution in [0.15, 0.2) is 53.4 Å². The maximum Gasteiger partial charge on any atom is 0.306 e. The lowest BCUT2D eigenvalue weighted by molar-refractivity contribution is -0.143. The third-order valence-electron chi connectivity index (χ3n) is 4.05. The lowest BCUT2D eigenvalue weighted by Gasteiger charge is -2.13. The predicted molar refractivity (Wildman–Crippen MR) is 99.3 cm³/mol. The molecule has 0 radical (unpaired) electrons. The minimum atomic E-state index is -0.337. The van der Waals surface area contributed by atoms with Crippen LogP contribution in [0.1, 0.15) is 32.7 Å². The van der Waals surface area contributed by atoms with Crippen molar-refractivity contribution in [1.82, 2.24) is 4.90 Å². The molecule has 0 saturated carbocycles. The maximum atomic E-state index is 12.2. The minimum Gasteiger partial charge on any atom is -0.464 e. The van der Waals surface area contributed by atoms with Crippen molar-refractivity contribution in [3.63, 3.8) is 0 Å². The Balaban J connectivity index is 1.40. The van der Waals surface area contributed by atoms with Gasteiger partial charge in [-0.25, -0.2) is 0 Å². The molecule has 0 N–H and O–H groups in total. The molecule has 2 aromatic carbocycles. The molecule has 2 amide bonds. The number of carbonyl (C=O) groups excluding carboxylic acids is 3. The average Bonchev–Trinajstić information content (AvgIpc) is 2.89. The SMILES string of the molecule is Cc1ccc(SCCC(=O)OCCN2C(=O)c3ccccc3C2=O)cc1. The predicted octanol–water partition coefficient (Wildman–Crippen LogP) is 3.32. The molecular weight excluding hydrogens is 350 g/mol. The number of hydrogen-bond acceptors (Lipinski definition) is 5. The zero-order valence-electron chi connectivity index (χ0n) is 14.4. The zero-order chi connectivity index (χ0) is 18.5. The molecule has 0 aliphatic carbocycles. The summed E-state index contributed by atoms with van der Waals surface area (Å²) in [6.07, 6.45) is 0.278. The van der Waals surface area contributed by atoms with E-state index in [1.807, 2.05) is 31.2 Å². The Morgan fingerprint density at radius 1 is 1.00 bits per heavy atom. The molecule has 6 heteroatoms. The molecule has 0 saturated heterocycles. The number of rotatable bonds is 7. The topological polar surface area (TPSA) is 63.7 Å². The summed E-state index contributed by atoms with van der Waals surface area (Å²) in [5.41, 5.74) is 2.00. The Labute approximate surface area is 156 Å². The van der Waals surface area contributed by atoms with Gasteiger partial charge in [0.15, 0.2) is 0 Å². The molecular formula is C20H19NO4S. The lowest BCUT2D eigenvalue weighted by atomic mass is 10.1. The summed E-state index contributed by atoms with van der Waals surface area (Å²) in [4.78, 5) is 38.4. The molecule has 0 atom stereocenters. The highest BCUT2D eigenvalue weighted by molar-refractivity contribution is 7.99. The first-order valence-electron chi connectivity index (χ1n) is 8.36. The van der Waals surface area contributed by atoms with Crippen molar-refractivity contribution < 1.29 is 19.1 Å². The summed E-state index contributed by atoms with van der Waals surface area (Å²) in [6.45, 7) is 2.11. The van der Waals surface area contributed by atoms with E-state index in [0.717, 1.165) is 9.80 Å². The molecule has 0 aromatic heterocycles. The summed E-state index contributed by atoms with van der Waals surface area (Å²) >= 11 is 1.59. The monoisotopic (exact) mass is 369 g/mol. The number of thioether (sulfide) groups is 1. The van der Waals surface area contributed by atoms with Gasteiger partial charge in [0.2, 0.25) is 0 Å². The van der Waals surface area contributed by atoms with Gasteiger partial charge in [-0.15, -0.1) is 11.8 Å². The first kappa shape index (κ1) is 18.2. The van der Waals surface area contributed by atoms with Crippen LogP contribution in [0, 0.1) is 6.92 Å². The van der Waals surface area contributed by atoms with E-state index in [4.69, 9.17) is 4.74 Å². The number of amides is 2. The molecule has 0 unspecified atom stereocenters. The van der Waals surface area contributed by atoms with Crippen molar-refractivity contribution in [1.29, 1.82) is 0 Å². The van der Waals surface area contributed by atoms with Crippen LogP contribution in [0.25, 0.3) is 0 Å². The van der Waals surface area contributed by atoms with E-state index >= 15 is 0 Å². The van der Waals surface area contributed by atoms with Gasteiger partial charge in [-0.3, -0.25) is 19.3 Å². The normalized spacial score (nSPS) is 13.0. The number of hydrogen-bond donors (Lipinski definition) is 0. The van der Waals surface area contributed by atoms with Gasteiger partial charge in [-0.2, -0.15) is 0 Å². The summed E-state index contributed by atoms with van der Waals surface area (Å²) in [6, 6.07) is 14.8. The van der Waals surface area contributed by atoms with Gasteiger partial charge >= 0.3 is 5.97 Å². The molecule has 5 nitrogen and oxygen atoms in total. The number of imide groups is 1. The van der Waals surface area contributed by atoms with Crippen molar-refractivity contribution in [2.75, 3.05) is 18.9 Å². The third-order valence-corrected chi connectivity index (χ3v) is 5.07. The molecule has 26 heavy (non-hydrogen) atoms. The average molecular weight is 369 g/mol. The lowest BCUT2D eigenvalue weighted by Crippen LogP contribution is -2.33. The number of nitrogens with zero attached hydrogens (tertiary/aromatic N) is 1. The van der Waals surface area contributed by atoms with Crippen molar-refractivity contribution >= 4 is 29.5 Å². The highest BCUT2D eigenvalue weighted by atomic mass is 32.2.